The predicted molar refractivity (Wildman–Crippen MR) is 110 cm³/mol. The Morgan fingerprint density at radius 2 is 1.93 bits per heavy atom. The Labute approximate surface area is 173 Å². The first-order valence-corrected chi connectivity index (χ1v) is 9.57. The second-order valence-electron chi connectivity index (χ2n) is 6.21. The highest BCUT2D eigenvalue weighted by Crippen LogP contribution is 2.23. The average Bonchev–Trinajstić information content (AvgIpc) is 3.18. The third-order valence-electron chi connectivity index (χ3n) is 4.19. The number of carbonyl (C=O) groups excluding carboxylic acids is 1. The number of ether oxygens (including phenoxy) is 1. The number of amides is 1. The van der Waals surface area contributed by atoms with E-state index in [9.17, 15) is 4.79 Å². The van der Waals surface area contributed by atoms with Gasteiger partial charge in [0.15, 0.2) is 5.82 Å². The summed E-state index contributed by atoms with van der Waals surface area (Å²) >= 11 is 11.9. The molecule has 0 fully saturated rings. The molecule has 6 nitrogen and oxygen atoms in total. The Hall–Kier alpha value is -2.57. The maximum Gasteiger partial charge on any atom is 0.220 e. The van der Waals surface area contributed by atoms with E-state index < -0.39 is 0 Å². The minimum Gasteiger partial charge on any atom is -0.497 e. The number of rotatable bonds is 8. The summed E-state index contributed by atoms with van der Waals surface area (Å²) in [4.78, 5) is 16.4. The van der Waals surface area contributed by atoms with E-state index in [1.54, 1.807) is 13.2 Å². The molecule has 28 heavy (non-hydrogen) atoms. The van der Waals surface area contributed by atoms with E-state index in [4.69, 9.17) is 27.9 Å². The van der Waals surface area contributed by atoms with Crippen LogP contribution in [-0.4, -0.2) is 28.2 Å². The van der Waals surface area contributed by atoms with Crippen LogP contribution in [-0.2, 0) is 17.8 Å². The molecule has 0 spiro atoms. The van der Waals surface area contributed by atoms with Crippen molar-refractivity contribution in [3.8, 4) is 17.1 Å². The molecule has 2 N–H and O–H groups in total. The minimum atomic E-state index is -0.0394. The van der Waals surface area contributed by atoms with E-state index in [0.29, 0.717) is 34.7 Å². The number of benzene rings is 2. The number of aromatic nitrogens is 3. The first-order valence-electron chi connectivity index (χ1n) is 8.81. The van der Waals surface area contributed by atoms with Gasteiger partial charge in [0.05, 0.1) is 23.7 Å². The van der Waals surface area contributed by atoms with Gasteiger partial charge in [0, 0.05) is 12.0 Å². The largest absolute Gasteiger partial charge is 0.497 e. The van der Waals surface area contributed by atoms with Gasteiger partial charge >= 0.3 is 0 Å². The second kappa shape index (κ2) is 9.57. The van der Waals surface area contributed by atoms with Gasteiger partial charge in [-0.15, -0.1) is 0 Å². The summed E-state index contributed by atoms with van der Waals surface area (Å²) in [5.41, 5.74) is 1.93. The molecule has 0 radical (unpaired) electrons. The lowest BCUT2D eigenvalue weighted by molar-refractivity contribution is -0.121. The zero-order chi connectivity index (χ0) is 19.9. The first kappa shape index (κ1) is 20.2. The minimum absolute atomic E-state index is 0.0394. The van der Waals surface area contributed by atoms with Crippen molar-refractivity contribution in [2.45, 2.75) is 25.8 Å². The molecular weight excluding hydrogens is 399 g/mol. The molecule has 0 aliphatic carbocycles. The summed E-state index contributed by atoms with van der Waals surface area (Å²) < 4.78 is 5.14. The smallest absolute Gasteiger partial charge is 0.220 e. The van der Waals surface area contributed by atoms with E-state index in [1.807, 2.05) is 36.4 Å². The molecule has 3 aromatic rings. The van der Waals surface area contributed by atoms with Gasteiger partial charge in [-0.1, -0.05) is 29.3 Å². The molecular formula is C20H20Cl2N4O2. The lowest BCUT2D eigenvalue weighted by atomic mass is 10.1. The summed E-state index contributed by atoms with van der Waals surface area (Å²) in [5, 5.41) is 10.9. The molecule has 0 unspecified atom stereocenters. The number of nitrogens with zero attached hydrogens (tertiary/aromatic N) is 2. The molecule has 0 aliphatic heterocycles. The van der Waals surface area contributed by atoms with Crippen molar-refractivity contribution in [2.75, 3.05) is 7.11 Å². The number of hydrogen-bond acceptors (Lipinski definition) is 4. The maximum atomic E-state index is 12.0. The van der Waals surface area contributed by atoms with E-state index in [-0.39, 0.29) is 5.91 Å². The van der Waals surface area contributed by atoms with Crippen LogP contribution in [0.5, 0.6) is 5.75 Å². The van der Waals surface area contributed by atoms with Gasteiger partial charge in [-0.3, -0.25) is 9.89 Å². The van der Waals surface area contributed by atoms with Crippen LogP contribution in [0.2, 0.25) is 10.0 Å². The van der Waals surface area contributed by atoms with Crippen molar-refractivity contribution in [1.29, 1.82) is 0 Å². The molecule has 8 heteroatoms. The monoisotopic (exact) mass is 418 g/mol. The van der Waals surface area contributed by atoms with Crippen LogP contribution < -0.4 is 10.1 Å². The molecule has 0 saturated heterocycles. The summed E-state index contributed by atoms with van der Waals surface area (Å²) in [6.45, 7) is 0.300. The van der Waals surface area contributed by atoms with Crippen molar-refractivity contribution in [3.05, 3.63) is 63.9 Å². The van der Waals surface area contributed by atoms with Crippen molar-refractivity contribution < 1.29 is 9.53 Å². The molecule has 0 bridgehead atoms. The van der Waals surface area contributed by atoms with Gasteiger partial charge in [0.2, 0.25) is 5.91 Å². The molecule has 1 amide bonds. The van der Waals surface area contributed by atoms with Crippen LogP contribution >= 0.6 is 23.2 Å². The van der Waals surface area contributed by atoms with Gasteiger partial charge in [-0.2, -0.15) is 5.10 Å². The molecule has 0 aliphatic rings. The van der Waals surface area contributed by atoms with Gasteiger partial charge in [0.25, 0.3) is 0 Å². The summed E-state index contributed by atoms with van der Waals surface area (Å²) in [7, 11) is 1.62. The number of aryl methyl sites for hydroxylation is 1. The zero-order valence-corrected chi connectivity index (χ0v) is 16.8. The van der Waals surface area contributed by atoms with Crippen molar-refractivity contribution in [2.24, 2.45) is 0 Å². The Morgan fingerprint density at radius 1 is 1.14 bits per heavy atom. The summed E-state index contributed by atoms with van der Waals surface area (Å²) in [6.07, 6.45) is 1.89. The van der Waals surface area contributed by atoms with E-state index in [1.165, 1.54) is 0 Å². The van der Waals surface area contributed by atoms with Crippen LogP contribution in [0.15, 0.2) is 42.5 Å². The Bertz CT molecular complexity index is 942. The highest BCUT2D eigenvalue weighted by molar-refractivity contribution is 6.42. The first-order chi connectivity index (χ1) is 13.5. The molecule has 0 saturated carbocycles. The third-order valence-corrected chi connectivity index (χ3v) is 4.93. The van der Waals surface area contributed by atoms with E-state index >= 15 is 0 Å². The van der Waals surface area contributed by atoms with E-state index in [2.05, 4.69) is 20.5 Å². The Kier molecular flexibility index (Phi) is 6.90. The maximum absolute atomic E-state index is 12.0. The lowest BCUT2D eigenvalue weighted by Crippen LogP contribution is -2.23. The number of H-pyrrole nitrogens is 1. The van der Waals surface area contributed by atoms with E-state index in [0.717, 1.165) is 29.7 Å². The Morgan fingerprint density at radius 3 is 2.64 bits per heavy atom. The van der Waals surface area contributed by atoms with Crippen LogP contribution in [0.1, 0.15) is 24.2 Å². The SMILES string of the molecule is COc1ccc(-c2n[nH]c(CNC(=O)CCCc3ccc(Cl)c(Cl)c3)n2)cc1. The molecule has 2 aromatic carbocycles. The fourth-order valence-electron chi connectivity index (χ4n) is 2.66. The number of methoxy groups -OCH3 is 1. The van der Waals surface area contributed by atoms with Crippen LogP contribution in [0.3, 0.4) is 0 Å². The fraction of sp³-hybridized carbons (Fsp3) is 0.250. The molecule has 3 rings (SSSR count). The van der Waals surface area contributed by atoms with Gasteiger partial charge in [-0.25, -0.2) is 4.98 Å². The molecule has 0 atom stereocenters. The number of hydrogen-bond donors (Lipinski definition) is 2. The highest BCUT2D eigenvalue weighted by Gasteiger charge is 2.08. The standard InChI is InChI=1S/C20H20Cl2N4O2/c1-28-15-8-6-14(7-9-15)20-24-18(25-26-20)12-23-19(27)4-2-3-13-5-10-16(21)17(22)11-13/h5-11H,2-4,12H2,1H3,(H,23,27)(H,24,25,26). The van der Waals surface area contributed by atoms with Crippen LogP contribution in [0.25, 0.3) is 11.4 Å². The molecule has 1 aromatic heterocycles. The van der Waals surface area contributed by atoms with Gasteiger partial charge < -0.3 is 10.1 Å². The van der Waals surface area contributed by atoms with Crippen molar-refractivity contribution >= 4 is 29.1 Å². The molecule has 1 heterocycles. The average molecular weight is 419 g/mol. The van der Waals surface area contributed by atoms with Crippen molar-refractivity contribution in [1.82, 2.24) is 20.5 Å². The van der Waals surface area contributed by atoms with Crippen LogP contribution in [0, 0.1) is 0 Å². The molecule has 146 valence electrons. The topological polar surface area (TPSA) is 79.9 Å². The van der Waals surface area contributed by atoms with Gasteiger partial charge in [-0.05, 0) is 54.8 Å². The van der Waals surface area contributed by atoms with Crippen LogP contribution in [0.4, 0.5) is 0 Å². The fourth-order valence-corrected chi connectivity index (χ4v) is 2.98. The second-order valence-corrected chi connectivity index (χ2v) is 7.03. The van der Waals surface area contributed by atoms with Gasteiger partial charge in [0.1, 0.15) is 11.6 Å². The Balaban J connectivity index is 1.44. The predicted octanol–water partition coefficient (Wildman–Crippen LogP) is 4.43. The number of nitrogens with one attached hydrogen (secondary N) is 2. The zero-order valence-electron chi connectivity index (χ0n) is 15.3. The quantitative estimate of drug-likeness (QED) is 0.566. The van der Waals surface area contributed by atoms with Crippen molar-refractivity contribution in [3.63, 3.8) is 0 Å². The summed E-state index contributed by atoms with van der Waals surface area (Å²) in [6, 6.07) is 13.0. The highest BCUT2D eigenvalue weighted by atomic mass is 35.5. The number of carbonyl (C=O) groups is 1. The number of halogens is 2. The lowest BCUT2D eigenvalue weighted by Gasteiger charge is -2.05. The summed E-state index contributed by atoms with van der Waals surface area (Å²) in [5.74, 6) is 1.91. The normalized spacial score (nSPS) is 10.7. The number of aromatic amines is 1. The third kappa shape index (κ3) is 5.47.